The Morgan fingerprint density at radius 1 is 1.22 bits per heavy atom. The van der Waals surface area contributed by atoms with E-state index in [4.69, 9.17) is 0 Å². The van der Waals surface area contributed by atoms with E-state index in [0.29, 0.717) is 19.5 Å². The number of hydrogen-bond donors (Lipinski definition) is 0. The topological polar surface area (TPSA) is 54.5 Å². The van der Waals surface area contributed by atoms with Crippen molar-refractivity contribution in [1.29, 1.82) is 0 Å². The lowest BCUT2D eigenvalue weighted by Gasteiger charge is -2.17. The highest BCUT2D eigenvalue weighted by Gasteiger charge is 2.31. The van der Waals surface area contributed by atoms with Gasteiger partial charge in [0.2, 0.25) is 5.91 Å². The maximum atomic E-state index is 12.2. The molecule has 1 atom stereocenters. The van der Waals surface area contributed by atoms with Gasteiger partial charge in [-0.2, -0.15) is 0 Å². The van der Waals surface area contributed by atoms with Gasteiger partial charge in [-0.3, -0.25) is 4.79 Å². The van der Waals surface area contributed by atoms with Crippen LogP contribution in [0, 0.1) is 0 Å². The highest BCUT2D eigenvalue weighted by atomic mass is 32.2. The van der Waals surface area contributed by atoms with E-state index in [9.17, 15) is 13.2 Å². The summed E-state index contributed by atoms with van der Waals surface area (Å²) in [5.74, 6) is -0.00880. The molecule has 1 aromatic carbocycles. The fourth-order valence-electron chi connectivity index (χ4n) is 2.30. The highest BCUT2D eigenvalue weighted by Crippen LogP contribution is 2.29. The summed E-state index contributed by atoms with van der Waals surface area (Å²) >= 11 is 0. The molecule has 0 aromatic heterocycles. The first-order valence-electron chi connectivity index (χ1n) is 6.03. The number of carbonyl (C=O) groups is 1. The fourth-order valence-corrected chi connectivity index (χ4v) is 4.10. The van der Waals surface area contributed by atoms with Crippen LogP contribution in [0.2, 0.25) is 0 Å². The van der Waals surface area contributed by atoms with Crippen LogP contribution >= 0.6 is 0 Å². The molecule has 4 nitrogen and oxygen atoms in total. The Hall–Kier alpha value is -1.36. The van der Waals surface area contributed by atoms with Crippen LogP contribution in [0.25, 0.3) is 0 Å². The van der Waals surface area contributed by atoms with E-state index in [1.54, 1.807) is 4.90 Å². The van der Waals surface area contributed by atoms with Gasteiger partial charge in [0.1, 0.15) is 0 Å². The molecule has 1 heterocycles. The second-order valence-corrected chi connectivity index (χ2v) is 6.86. The smallest absolute Gasteiger partial charge is 0.219 e. The van der Waals surface area contributed by atoms with Crippen molar-refractivity contribution in [3.05, 3.63) is 35.9 Å². The first-order valence-corrected chi connectivity index (χ1v) is 7.74. The molecular formula is C13H17NO3S. The molecule has 98 valence electrons. The summed E-state index contributed by atoms with van der Waals surface area (Å²) in [7, 11) is -3.17. The van der Waals surface area contributed by atoms with E-state index in [1.165, 1.54) is 6.92 Å². The van der Waals surface area contributed by atoms with Crippen molar-refractivity contribution in [2.45, 2.75) is 18.6 Å². The van der Waals surface area contributed by atoms with E-state index in [0.717, 1.165) is 5.56 Å². The van der Waals surface area contributed by atoms with Crippen molar-refractivity contribution < 1.29 is 13.2 Å². The zero-order valence-corrected chi connectivity index (χ0v) is 11.2. The Morgan fingerprint density at radius 2 is 1.89 bits per heavy atom. The van der Waals surface area contributed by atoms with Gasteiger partial charge in [0.15, 0.2) is 9.84 Å². The number of amides is 1. The Morgan fingerprint density at radius 3 is 2.50 bits per heavy atom. The second-order valence-electron chi connectivity index (χ2n) is 4.56. The predicted octanol–water partition coefficient (Wildman–Crippen LogP) is 1.39. The van der Waals surface area contributed by atoms with Crippen LogP contribution in [0.4, 0.5) is 0 Å². The average molecular weight is 267 g/mol. The average Bonchev–Trinajstić information content (AvgIpc) is 2.49. The molecule has 1 aromatic rings. The van der Waals surface area contributed by atoms with Gasteiger partial charge >= 0.3 is 0 Å². The third kappa shape index (κ3) is 2.72. The van der Waals surface area contributed by atoms with Crippen LogP contribution in [-0.2, 0) is 14.6 Å². The van der Waals surface area contributed by atoms with Crippen LogP contribution in [-0.4, -0.2) is 38.1 Å². The molecule has 1 amide bonds. The summed E-state index contributed by atoms with van der Waals surface area (Å²) in [5, 5.41) is -0.483. The van der Waals surface area contributed by atoms with Gasteiger partial charge in [-0.1, -0.05) is 30.3 Å². The quantitative estimate of drug-likeness (QED) is 0.772. The Balaban J connectivity index is 2.28. The van der Waals surface area contributed by atoms with E-state index in [1.807, 2.05) is 30.3 Å². The highest BCUT2D eigenvalue weighted by molar-refractivity contribution is 7.91. The first-order chi connectivity index (χ1) is 8.50. The maximum absolute atomic E-state index is 12.2. The summed E-state index contributed by atoms with van der Waals surface area (Å²) < 4.78 is 24.5. The van der Waals surface area contributed by atoms with E-state index in [2.05, 4.69) is 0 Å². The van der Waals surface area contributed by atoms with Gasteiger partial charge in [0.25, 0.3) is 0 Å². The van der Waals surface area contributed by atoms with Crippen molar-refractivity contribution in [2.24, 2.45) is 0 Å². The lowest BCUT2D eigenvalue weighted by atomic mass is 10.1. The van der Waals surface area contributed by atoms with Gasteiger partial charge < -0.3 is 4.90 Å². The molecule has 1 saturated heterocycles. The zero-order chi connectivity index (χ0) is 13.2. The third-order valence-electron chi connectivity index (χ3n) is 3.36. The summed E-state index contributed by atoms with van der Waals surface area (Å²) in [5.41, 5.74) is 0.822. The van der Waals surface area contributed by atoms with Gasteiger partial charge in [-0.25, -0.2) is 8.42 Å². The summed E-state index contributed by atoms with van der Waals surface area (Å²) in [6.45, 7) is 2.30. The van der Waals surface area contributed by atoms with E-state index in [-0.39, 0.29) is 11.7 Å². The van der Waals surface area contributed by atoms with Crippen molar-refractivity contribution in [3.8, 4) is 0 Å². The van der Waals surface area contributed by atoms with Crippen LogP contribution in [0.3, 0.4) is 0 Å². The van der Waals surface area contributed by atoms with Crippen LogP contribution in [0.5, 0.6) is 0 Å². The molecule has 18 heavy (non-hydrogen) atoms. The monoisotopic (exact) mass is 267 g/mol. The van der Waals surface area contributed by atoms with Crippen molar-refractivity contribution in [3.63, 3.8) is 0 Å². The number of nitrogens with zero attached hydrogens (tertiary/aromatic N) is 1. The summed E-state index contributed by atoms with van der Waals surface area (Å²) in [6, 6.07) is 9.24. The molecule has 1 fully saturated rings. The van der Waals surface area contributed by atoms with Gasteiger partial charge in [0, 0.05) is 20.0 Å². The van der Waals surface area contributed by atoms with Gasteiger partial charge in [0.05, 0.1) is 11.0 Å². The minimum absolute atomic E-state index is 0.0478. The van der Waals surface area contributed by atoms with Crippen LogP contribution < -0.4 is 0 Å². The predicted molar refractivity (Wildman–Crippen MR) is 69.8 cm³/mol. The molecule has 0 bridgehead atoms. The molecule has 0 saturated carbocycles. The molecule has 5 heteroatoms. The lowest BCUT2D eigenvalue weighted by molar-refractivity contribution is -0.128. The first kappa shape index (κ1) is 13.1. The molecule has 1 aliphatic rings. The number of rotatable bonds is 1. The van der Waals surface area contributed by atoms with Gasteiger partial charge in [-0.15, -0.1) is 0 Å². The van der Waals surface area contributed by atoms with Gasteiger partial charge in [-0.05, 0) is 12.0 Å². The van der Waals surface area contributed by atoms with Crippen molar-refractivity contribution in [1.82, 2.24) is 4.90 Å². The fraction of sp³-hybridized carbons (Fsp3) is 0.462. The molecular weight excluding hydrogens is 250 g/mol. The SMILES string of the molecule is CC(=O)N1CCC(c2ccccc2)S(=O)(=O)CC1. The Kier molecular flexibility index (Phi) is 3.71. The molecule has 1 unspecified atom stereocenters. The minimum atomic E-state index is -3.17. The summed E-state index contributed by atoms with van der Waals surface area (Å²) in [4.78, 5) is 12.9. The standard InChI is InChI=1S/C13H17NO3S/c1-11(15)14-8-7-13(18(16,17)10-9-14)12-5-3-2-4-6-12/h2-6,13H,7-10H2,1H3. The second kappa shape index (κ2) is 5.10. The lowest BCUT2D eigenvalue weighted by Crippen LogP contribution is -2.31. The maximum Gasteiger partial charge on any atom is 0.219 e. The molecule has 1 aliphatic heterocycles. The van der Waals surface area contributed by atoms with E-state index < -0.39 is 15.1 Å². The number of carbonyl (C=O) groups excluding carboxylic acids is 1. The molecule has 0 spiro atoms. The van der Waals surface area contributed by atoms with Crippen LogP contribution in [0.15, 0.2) is 30.3 Å². The number of benzene rings is 1. The van der Waals surface area contributed by atoms with E-state index >= 15 is 0 Å². The molecule has 0 radical (unpaired) electrons. The molecule has 0 aliphatic carbocycles. The third-order valence-corrected chi connectivity index (χ3v) is 5.48. The Bertz CT molecular complexity index is 524. The van der Waals surface area contributed by atoms with Crippen molar-refractivity contribution in [2.75, 3.05) is 18.8 Å². The number of hydrogen-bond acceptors (Lipinski definition) is 3. The van der Waals surface area contributed by atoms with Crippen LogP contribution in [0.1, 0.15) is 24.2 Å². The molecule has 0 N–H and O–H groups in total. The Labute approximate surface area is 108 Å². The number of sulfone groups is 1. The summed E-state index contributed by atoms with van der Waals surface area (Å²) in [6.07, 6.45) is 0.478. The molecule has 2 rings (SSSR count). The van der Waals surface area contributed by atoms with Crippen molar-refractivity contribution >= 4 is 15.7 Å². The largest absolute Gasteiger partial charge is 0.342 e. The minimum Gasteiger partial charge on any atom is -0.342 e. The zero-order valence-electron chi connectivity index (χ0n) is 10.4. The normalized spacial score (nSPS) is 23.4.